The largest absolute Gasteiger partial charge is 0.481 e. The van der Waals surface area contributed by atoms with Gasteiger partial charge in [-0.2, -0.15) is 0 Å². The van der Waals surface area contributed by atoms with Crippen molar-refractivity contribution in [3.63, 3.8) is 0 Å². The summed E-state index contributed by atoms with van der Waals surface area (Å²) in [6.07, 6.45) is 1.49. The van der Waals surface area contributed by atoms with E-state index < -0.39 is 17.4 Å². The molecule has 1 unspecified atom stereocenters. The van der Waals surface area contributed by atoms with Gasteiger partial charge in [0.25, 0.3) is 0 Å². The van der Waals surface area contributed by atoms with Crippen LogP contribution in [0.3, 0.4) is 0 Å². The maximum atomic E-state index is 13.3. The van der Waals surface area contributed by atoms with Gasteiger partial charge in [-0.1, -0.05) is 6.07 Å². The van der Waals surface area contributed by atoms with Crippen molar-refractivity contribution in [3.8, 4) is 0 Å². The van der Waals surface area contributed by atoms with Gasteiger partial charge in [0, 0.05) is 17.8 Å². The molecule has 1 atom stereocenters. The molecule has 0 aliphatic carbocycles. The molecule has 1 aromatic carbocycles. The van der Waals surface area contributed by atoms with Crippen molar-refractivity contribution in [2.75, 3.05) is 11.4 Å². The SMILES string of the molecule is CC1(C)C(C(=O)O)CCCN1c1cccc(F)c1. The summed E-state index contributed by atoms with van der Waals surface area (Å²) in [4.78, 5) is 13.3. The number of nitrogens with zero attached hydrogens (tertiary/aromatic N) is 1. The smallest absolute Gasteiger partial charge is 0.308 e. The van der Waals surface area contributed by atoms with Crippen molar-refractivity contribution in [1.82, 2.24) is 0 Å². The van der Waals surface area contributed by atoms with E-state index in [1.807, 2.05) is 24.8 Å². The molecule has 4 heteroatoms. The van der Waals surface area contributed by atoms with Gasteiger partial charge in [-0.25, -0.2) is 4.39 Å². The van der Waals surface area contributed by atoms with Crippen molar-refractivity contribution in [1.29, 1.82) is 0 Å². The molecule has 0 radical (unpaired) electrons. The van der Waals surface area contributed by atoms with Crippen LogP contribution in [0.1, 0.15) is 26.7 Å². The second-order valence-electron chi connectivity index (χ2n) is 5.32. The van der Waals surface area contributed by atoms with Gasteiger partial charge in [0.15, 0.2) is 0 Å². The Morgan fingerprint density at radius 3 is 2.83 bits per heavy atom. The molecule has 18 heavy (non-hydrogen) atoms. The zero-order valence-corrected chi connectivity index (χ0v) is 10.7. The average Bonchev–Trinajstić information content (AvgIpc) is 2.27. The lowest BCUT2D eigenvalue weighted by Crippen LogP contribution is -2.55. The summed E-state index contributed by atoms with van der Waals surface area (Å²) in [5, 5.41) is 9.29. The van der Waals surface area contributed by atoms with Gasteiger partial charge in [0.05, 0.1) is 5.92 Å². The highest BCUT2D eigenvalue weighted by atomic mass is 19.1. The first kappa shape index (κ1) is 12.9. The maximum absolute atomic E-state index is 13.3. The van der Waals surface area contributed by atoms with Crippen LogP contribution in [0.2, 0.25) is 0 Å². The third kappa shape index (κ3) is 2.19. The zero-order valence-electron chi connectivity index (χ0n) is 10.7. The molecule has 2 rings (SSSR count). The molecule has 1 N–H and O–H groups in total. The third-order valence-corrected chi connectivity index (χ3v) is 3.84. The third-order valence-electron chi connectivity index (χ3n) is 3.84. The average molecular weight is 251 g/mol. The van der Waals surface area contributed by atoms with Gasteiger partial charge in [-0.3, -0.25) is 4.79 Å². The molecule has 1 aliphatic rings. The fourth-order valence-electron chi connectivity index (χ4n) is 2.81. The van der Waals surface area contributed by atoms with E-state index in [1.165, 1.54) is 12.1 Å². The number of carboxylic acids is 1. The Hall–Kier alpha value is -1.58. The fraction of sp³-hybridized carbons (Fsp3) is 0.500. The van der Waals surface area contributed by atoms with E-state index >= 15 is 0 Å². The van der Waals surface area contributed by atoms with E-state index in [9.17, 15) is 14.3 Å². The standard InChI is InChI=1S/C14H18FNO2/c1-14(2)12(13(17)18)7-4-8-16(14)11-6-3-5-10(15)9-11/h3,5-6,9,12H,4,7-8H2,1-2H3,(H,17,18). The lowest BCUT2D eigenvalue weighted by atomic mass is 9.78. The van der Waals surface area contributed by atoms with E-state index in [-0.39, 0.29) is 5.82 Å². The first-order valence-electron chi connectivity index (χ1n) is 6.19. The highest BCUT2D eigenvalue weighted by Crippen LogP contribution is 2.37. The first-order valence-corrected chi connectivity index (χ1v) is 6.19. The van der Waals surface area contributed by atoms with Gasteiger partial charge >= 0.3 is 5.97 Å². The van der Waals surface area contributed by atoms with Gasteiger partial charge in [0.2, 0.25) is 0 Å². The number of rotatable bonds is 2. The summed E-state index contributed by atoms with van der Waals surface area (Å²) in [6, 6.07) is 6.35. The molecule has 0 spiro atoms. The molecule has 3 nitrogen and oxygen atoms in total. The summed E-state index contributed by atoms with van der Waals surface area (Å²) in [6.45, 7) is 4.59. The van der Waals surface area contributed by atoms with Crippen molar-refractivity contribution in [2.24, 2.45) is 5.92 Å². The number of aliphatic carboxylic acids is 1. The van der Waals surface area contributed by atoms with Crippen molar-refractivity contribution in [3.05, 3.63) is 30.1 Å². The summed E-state index contributed by atoms with van der Waals surface area (Å²) in [5.41, 5.74) is 0.253. The van der Waals surface area contributed by atoms with Crippen LogP contribution >= 0.6 is 0 Å². The number of piperidine rings is 1. The molecule has 1 heterocycles. The molecule has 0 aromatic heterocycles. The van der Waals surface area contributed by atoms with Gasteiger partial charge < -0.3 is 10.0 Å². The van der Waals surface area contributed by atoms with Gasteiger partial charge in [-0.05, 0) is 44.9 Å². The molecular weight excluding hydrogens is 233 g/mol. The van der Waals surface area contributed by atoms with Crippen LogP contribution in [0.15, 0.2) is 24.3 Å². The van der Waals surface area contributed by atoms with Gasteiger partial charge in [0.1, 0.15) is 5.82 Å². The minimum Gasteiger partial charge on any atom is -0.481 e. The Morgan fingerprint density at radius 1 is 1.50 bits per heavy atom. The molecular formula is C14H18FNO2. The molecule has 1 fully saturated rings. The van der Waals surface area contributed by atoms with Crippen molar-refractivity contribution >= 4 is 11.7 Å². The number of hydrogen-bond donors (Lipinski definition) is 1. The summed E-state index contributed by atoms with van der Waals surface area (Å²) in [5.74, 6) is -1.49. The highest BCUT2D eigenvalue weighted by Gasteiger charge is 2.42. The zero-order chi connectivity index (χ0) is 13.3. The summed E-state index contributed by atoms with van der Waals surface area (Å²) >= 11 is 0. The van der Waals surface area contributed by atoms with Crippen molar-refractivity contribution in [2.45, 2.75) is 32.2 Å². The lowest BCUT2D eigenvalue weighted by molar-refractivity contribution is -0.144. The van der Waals surface area contributed by atoms with Gasteiger partial charge in [-0.15, -0.1) is 0 Å². The first-order chi connectivity index (χ1) is 8.43. The molecule has 0 saturated carbocycles. The number of benzene rings is 1. The minimum atomic E-state index is -0.777. The summed E-state index contributed by atoms with van der Waals surface area (Å²) in [7, 11) is 0. The van der Waals surface area contributed by atoms with Crippen LogP contribution < -0.4 is 4.90 Å². The van der Waals surface area contributed by atoms with E-state index in [4.69, 9.17) is 0 Å². The van der Waals surface area contributed by atoms with E-state index in [0.717, 1.165) is 18.7 Å². The Labute approximate surface area is 106 Å². The predicted molar refractivity (Wildman–Crippen MR) is 68.2 cm³/mol. The quantitative estimate of drug-likeness (QED) is 0.878. The van der Waals surface area contributed by atoms with Crippen molar-refractivity contribution < 1.29 is 14.3 Å². The Morgan fingerprint density at radius 2 is 2.22 bits per heavy atom. The second-order valence-corrected chi connectivity index (χ2v) is 5.32. The number of anilines is 1. The normalized spacial score (nSPS) is 22.8. The van der Waals surface area contributed by atoms with Crippen LogP contribution in [0, 0.1) is 11.7 Å². The number of carbonyl (C=O) groups is 1. The van der Waals surface area contributed by atoms with Crippen LogP contribution in [-0.4, -0.2) is 23.2 Å². The number of carboxylic acid groups (broad SMARTS) is 1. The molecule has 1 aliphatic heterocycles. The topological polar surface area (TPSA) is 40.5 Å². The minimum absolute atomic E-state index is 0.291. The fourth-order valence-corrected chi connectivity index (χ4v) is 2.81. The molecule has 0 amide bonds. The summed E-state index contributed by atoms with van der Waals surface area (Å²) < 4.78 is 13.3. The van der Waals surface area contributed by atoms with E-state index in [0.29, 0.717) is 6.42 Å². The number of halogens is 1. The van der Waals surface area contributed by atoms with Crippen LogP contribution in [0.25, 0.3) is 0 Å². The molecule has 98 valence electrons. The molecule has 1 saturated heterocycles. The van der Waals surface area contributed by atoms with E-state index in [1.54, 1.807) is 6.07 Å². The monoisotopic (exact) mass is 251 g/mol. The second kappa shape index (κ2) is 4.59. The van der Waals surface area contributed by atoms with Crippen LogP contribution in [0.4, 0.5) is 10.1 Å². The van der Waals surface area contributed by atoms with Crippen LogP contribution in [0.5, 0.6) is 0 Å². The molecule has 0 bridgehead atoms. The Balaban J connectivity index is 2.35. The number of hydrogen-bond acceptors (Lipinski definition) is 2. The maximum Gasteiger partial charge on any atom is 0.308 e. The highest BCUT2D eigenvalue weighted by molar-refractivity contribution is 5.73. The van der Waals surface area contributed by atoms with E-state index in [2.05, 4.69) is 0 Å². The Kier molecular flexibility index (Phi) is 3.28. The molecule has 1 aromatic rings. The lowest BCUT2D eigenvalue weighted by Gasteiger charge is -2.47. The van der Waals surface area contributed by atoms with Crippen LogP contribution in [-0.2, 0) is 4.79 Å². The Bertz CT molecular complexity index is 459. The predicted octanol–water partition coefficient (Wildman–Crippen LogP) is 2.91.